The number of aliphatic hydroxyl groups is 1. The Bertz CT molecular complexity index is 253. The van der Waals surface area contributed by atoms with Crippen LogP contribution in [0.3, 0.4) is 0 Å². The molecule has 3 heteroatoms. The summed E-state index contributed by atoms with van der Waals surface area (Å²) in [6.45, 7) is 3.87. The fraction of sp³-hybridized carbons (Fsp3) is 1.00. The van der Waals surface area contributed by atoms with E-state index in [9.17, 15) is 5.11 Å². The maximum Gasteiger partial charge on any atom is 0.0613 e. The molecule has 2 aliphatic carbocycles. The first kappa shape index (κ1) is 13.3. The largest absolute Gasteiger partial charge is 0.394 e. The third kappa shape index (κ3) is 3.01. The number of rotatable bonds is 5. The van der Waals surface area contributed by atoms with Crippen LogP contribution in [0.5, 0.6) is 0 Å². The van der Waals surface area contributed by atoms with Gasteiger partial charge in [-0.05, 0) is 58.0 Å². The predicted octanol–water partition coefficient (Wildman–Crippen LogP) is 1.47. The Morgan fingerprint density at radius 3 is 2.71 bits per heavy atom. The van der Waals surface area contributed by atoms with Crippen molar-refractivity contribution in [1.82, 2.24) is 10.2 Å². The molecule has 2 saturated carbocycles. The van der Waals surface area contributed by atoms with Gasteiger partial charge in [-0.15, -0.1) is 0 Å². The highest BCUT2D eigenvalue weighted by Crippen LogP contribution is 2.39. The molecule has 17 heavy (non-hydrogen) atoms. The van der Waals surface area contributed by atoms with E-state index in [0.29, 0.717) is 6.04 Å². The lowest BCUT2D eigenvalue weighted by molar-refractivity contribution is 0.0726. The molecule has 0 aromatic heterocycles. The van der Waals surface area contributed by atoms with Gasteiger partial charge in [-0.1, -0.05) is 6.92 Å². The molecule has 2 rings (SSSR count). The minimum absolute atomic E-state index is 0.0215. The first-order valence-corrected chi connectivity index (χ1v) is 7.10. The minimum Gasteiger partial charge on any atom is -0.394 e. The molecule has 0 bridgehead atoms. The van der Waals surface area contributed by atoms with Crippen molar-refractivity contribution in [3.63, 3.8) is 0 Å². The van der Waals surface area contributed by atoms with Crippen LogP contribution in [0.1, 0.15) is 39.0 Å². The van der Waals surface area contributed by atoms with E-state index in [1.807, 2.05) is 7.05 Å². The van der Waals surface area contributed by atoms with Gasteiger partial charge < -0.3 is 15.3 Å². The molecule has 2 fully saturated rings. The van der Waals surface area contributed by atoms with Gasteiger partial charge in [0.15, 0.2) is 0 Å². The smallest absolute Gasteiger partial charge is 0.0613 e. The number of likely N-dealkylation sites (N-methyl/N-ethyl adjacent to an activating group) is 1. The molecule has 4 unspecified atom stereocenters. The highest BCUT2D eigenvalue weighted by atomic mass is 16.3. The second kappa shape index (κ2) is 5.25. The average molecular weight is 240 g/mol. The quantitative estimate of drug-likeness (QED) is 0.764. The van der Waals surface area contributed by atoms with Crippen molar-refractivity contribution in [2.45, 2.75) is 50.6 Å². The Balaban J connectivity index is 1.87. The molecule has 0 saturated heterocycles. The van der Waals surface area contributed by atoms with Crippen molar-refractivity contribution in [2.24, 2.45) is 11.8 Å². The van der Waals surface area contributed by atoms with Crippen molar-refractivity contribution >= 4 is 0 Å². The zero-order chi connectivity index (χ0) is 12.5. The Morgan fingerprint density at radius 1 is 1.47 bits per heavy atom. The van der Waals surface area contributed by atoms with Gasteiger partial charge in [-0.3, -0.25) is 0 Å². The van der Waals surface area contributed by atoms with E-state index in [1.165, 1.54) is 25.8 Å². The van der Waals surface area contributed by atoms with E-state index >= 15 is 0 Å². The fourth-order valence-corrected chi connectivity index (χ4v) is 3.33. The zero-order valence-corrected chi connectivity index (χ0v) is 11.6. The van der Waals surface area contributed by atoms with Crippen LogP contribution in [-0.4, -0.2) is 48.8 Å². The molecule has 0 aliphatic heterocycles. The van der Waals surface area contributed by atoms with Gasteiger partial charge in [-0.25, -0.2) is 0 Å². The van der Waals surface area contributed by atoms with E-state index in [4.69, 9.17) is 0 Å². The van der Waals surface area contributed by atoms with E-state index in [2.05, 4.69) is 24.2 Å². The molecular weight excluding hydrogens is 212 g/mol. The van der Waals surface area contributed by atoms with Gasteiger partial charge in [0, 0.05) is 18.1 Å². The van der Waals surface area contributed by atoms with Crippen LogP contribution in [0.2, 0.25) is 0 Å². The number of nitrogens with one attached hydrogen (secondary N) is 1. The van der Waals surface area contributed by atoms with E-state index in [0.717, 1.165) is 24.7 Å². The third-order valence-corrected chi connectivity index (χ3v) is 5.07. The van der Waals surface area contributed by atoms with Crippen LogP contribution >= 0.6 is 0 Å². The zero-order valence-electron chi connectivity index (χ0n) is 11.6. The fourth-order valence-electron chi connectivity index (χ4n) is 3.33. The van der Waals surface area contributed by atoms with Crippen LogP contribution in [0.25, 0.3) is 0 Å². The van der Waals surface area contributed by atoms with Crippen LogP contribution < -0.4 is 5.32 Å². The van der Waals surface area contributed by atoms with Gasteiger partial charge >= 0.3 is 0 Å². The monoisotopic (exact) mass is 240 g/mol. The number of aliphatic hydroxyl groups excluding tert-OH is 1. The van der Waals surface area contributed by atoms with E-state index < -0.39 is 0 Å². The lowest BCUT2D eigenvalue weighted by Crippen LogP contribution is -2.54. The van der Waals surface area contributed by atoms with Crippen LogP contribution in [0.4, 0.5) is 0 Å². The molecule has 2 N–H and O–H groups in total. The molecule has 0 spiro atoms. The van der Waals surface area contributed by atoms with Crippen molar-refractivity contribution in [3.05, 3.63) is 0 Å². The molecule has 0 amide bonds. The first-order valence-electron chi connectivity index (χ1n) is 7.10. The van der Waals surface area contributed by atoms with E-state index in [1.54, 1.807) is 0 Å². The van der Waals surface area contributed by atoms with Gasteiger partial charge in [0.1, 0.15) is 0 Å². The summed E-state index contributed by atoms with van der Waals surface area (Å²) in [5.41, 5.74) is -0.0215. The standard InChI is InChI=1S/C14H28N2O/c1-11-7-12(11)9-16(3)13-5-4-6-14(8-13,10-17)15-2/h11-13,15,17H,4-10H2,1-3H3. The van der Waals surface area contributed by atoms with Crippen molar-refractivity contribution in [1.29, 1.82) is 0 Å². The van der Waals surface area contributed by atoms with Crippen LogP contribution in [-0.2, 0) is 0 Å². The van der Waals surface area contributed by atoms with Gasteiger partial charge in [0.05, 0.1) is 6.61 Å². The first-order chi connectivity index (χ1) is 8.10. The number of nitrogens with zero attached hydrogens (tertiary/aromatic N) is 1. The normalized spacial score (nSPS) is 41.8. The Labute approximate surface area is 106 Å². The highest BCUT2D eigenvalue weighted by Gasteiger charge is 2.39. The summed E-state index contributed by atoms with van der Waals surface area (Å²) in [6.07, 6.45) is 6.15. The summed E-state index contributed by atoms with van der Waals surface area (Å²) < 4.78 is 0. The van der Waals surface area contributed by atoms with Gasteiger partial charge in [-0.2, -0.15) is 0 Å². The summed E-state index contributed by atoms with van der Waals surface area (Å²) in [5, 5.41) is 12.9. The summed E-state index contributed by atoms with van der Waals surface area (Å²) in [4.78, 5) is 2.54. The van der Waals surface area contributed by atoms with E-state index in [-0.39, 0.29) is 12.1 Å². The Morgan fingerprint density at radius 2 is 2.18 bits per heavy atom. The number of hydrogen-bond acceptors (Lipinski definition) is 3. The Kier molecular flexibility index (Phi) is 4.11. The lowest BCUT2D eigenvalue weighted by atomic mass is 9.79. The average Bonchev–Trinajstić information content (AvgIpc) is 3.04. The van der Waals surface area contributed by atoms with Crippen molar-refractivity contribution in [2.75, 3.05) is 27.2 Å². The second-order valence-electron chi connectivity index (χ2n) is 6.35. The molecule has 0 aromatic rings. The molecular formula is C14H28N2O. The molecule has 0 heterocycles. The topological polar surface area (TPSA) is 35.5 Å². The van der Waals surface area contributed by atoms with Gasteiger partial charge in [0.2, 0.25) is 0 Å². The molecule has 0 aromatic carbocycles. The van der Waals surface area contributed by atoms with Crippen LogP contribution in [0.15, 0.2) is 0 Å². The SMILES string of the molecule is CNC1(CO)CCCC(N(C)CC2CC2C)C1. The second-order valence-corrected chi connectivity index (χ2v) is 6.35. The van der Waals surface area contributed by atoms with Crippen LogP contribution in [0, 0.1) is 11.8 Å². The lowest BCUT2D eigenvalue weighted by Gasteiger charge is -2.43. The summed E-state index contributed by atoms with van der Waals surface area (Å²) >= 11 is 0. The Hall–Kier alpha value is -0.120. The molecule has 3 nitrogen and oxygen atoms in total. The molecule has 0 radical (unpaired) electrons. The molecule has 2 aliphatic rings. The third-order valence-electron chi connectivity index (χ3n) is 5.07. The summed E-state index contributed by atoms with van der Waals surface area (Å²) in [6, 6.07) is 0.649. The minimum atomic E-state index is -0.0215. The maximum absolute atomic E-state index is 9.60. The van der Waals surface area contributed by atoms with Gasteiger partial charge in [0.25, 0.3) is 0 Å². The predicted molar refractivity (Wildman–Crippen MR) is 71.0 cm³/mol. The van der Waals surface area contributed by atoms with Crippen molar-refractivity contribution in [3.8, 4) is 0 Å². The molecule has 4 atom stereocenters. The van der Waals surface area contributed by atoms with Crippen molar-refractivity contribution < 1.29 is 5.11 Å². The maximum atomic E-state index is 9.60. The molecule has 100 valence electrons. The summed E-state index contributed by atoms with van der Waals surface area (Å²) in [7, 11) is 4.25. The highest BCUT2D eigenvalue weighted by molar-refractivity contribution is 4.96. The summed E-state index contributed by atoms with van der Waals surface area (Å²) in [5.74, 6) is 1.87. The number of hydrogen-bond donors (Lipinski definition) is 2.